The summed E-state index contributed by atoms with van der Waals surface area (Å²) in [6.45, 7) is 14.2. The zero-order chi connectivity index (χ0) is 18.3. The second-order valence-electron chi connectivity index (χ2n) is 8.88. The molecule has 2 unspecified atom stereocenters. The Morgan fingerprint density at radius 2 is 1.81 bits per heavy atom. The van der Waals surface area contributed by atoms with Crippen LogP contribution in [0.25, 0.3) is 0 Å². The first kappa shape index (κ1) is 17.5. The van der Waals surface area contributed by atoms with Gasteiger partial charge in [0.05, 0.1) is 11.4 Å². The molecule has 2 aliphatic heterocycles. The predicted octanol–water partition coefficient (Wildman–Crippen LogP) is 2.68. The SMILES string of the molecule is Cc1cc(CCN2CC3CN(c4cc(C(C)(C)C)ncn4)CC3C2)on1. The van der Waals surface area contributed by atoms with Crippen molar-refractivity contribution in [3.05, 3.63) is 35.6 Å². The number of likely N-dealkylation sites (tertiary alicyclic amines) is 1. The summed E-state index contributed by atoms with van der Waals surface area (Å²) in [5.74, 6) is 3.55. The third-order valence-corrected chi connectivity index (χ3v) is 5.66. The van der Waals surface area contributed by atoms with Gasteiger partial charge in [-0.25, -0.2) is 9.97 Å². The molecule has 0 amide bonds. The van der Waals surface area contributed by atoms with E-state index >= 15 is 0 Å². The normalized spacial score (nSPS) is 23.6. The summed E-state index contributed by atoms with van der Waals surface area (Å²) in [7, 11) is 0. The molecule has 140 valence electrons. The Kier molecular flexibility index (Phi) is 4.47. The van der Waals surface area contributed by atoms with Crippen molar-refractivity contribution in [1.29, 1.82) is 0 Å². The van der Waals surface area contributed by atoms with Crippen LogP contribution in [-0.4, -0.2) is 52.7 Å². The quantitative estimate of drug-likeness (QED) is 0.840. The van der Waals surface area contributed by atoms with Gasteiger partial charge in [-0.1, -0.05) is 25.9 Å². The van der Waals surface area contributed by atoms with E-state index in [1.54, 1.807) is 6.33 Å². The Morgan fingerprint density at radius 1 is 1.08 bits per heavy atom. The molecule has 2 aliphatic rings. The number of aryl methyl sites for hydroxylation is 1. The maximum atomic E-state index is 5.33. The second-order valence-corrected chi connectivity index (χ2v) is 8.88. The van der Waals surface area contributed by atoms with E-state index in [0.29, 0.717) is 0 Å². The molecule has 2 atom stereocenters. The van der Waals surface area contributed by atoms with Crippen molar-refractivity contribution in [2.24, 2.45) is 11.8 Å². The summed E-state index contributed by atoms with van der Waals surface area (Å²) in [5, 5.41) is 3.97. The van der Waals surface area contributed by atoms with Gasteiger partial charge in [-0.15, -0.1) is 0 Å². The van der Waals surface area contributed by atoms with Crippen molar-refractivity contribution in [2.45, 2.75) is 39.5 Å². The third kappa shape index (κ3) is 3.61. The Bertz CT molecular complexity index is 752. The molecule has 26 heavy (non-hydrogen) atoms. The van der Waals surface area contributed by atoms with Crippen molar-refractivity contribution < 1.29 is 4.52 Å². The van der Waals surface area contributed by atoms with E-state index in [0.717, 1.165) is 60.9 Å². The van der Waals surface area contributed by atoms with Crippen LogP contribution in [0.3, 0.4) is 0 Å². The summed E-state index contributed by atoms with van der Waals surface area (Å²) >= 11 is 0. The molecule has 4 heterocycles. The first-order chi connectivity index (χ1) is 12.4. The third-order valence-electron chi connectivity index (χ3n) is 5.66. The minimum absolute atomic E-state index is 0.0587. The van der Waals surface area contributed by atoms with Crippen LogP contribution in [0, 0.1) is 18.8 Å². The fraction of sp³-hybridized carbons (Fsp3) is 0.650. The number of hydrogen-bond acceptors (Lipinski definition) is 6. The molecule has 0 aromatic carbocycles. The summed E-state index contributed by atoms with van der Waals surface area (Å²) in [6.07, 6.45) is 2.67. The molecule has 0 N–H and O–H groups in total. The standard InChI is InChI=1S/C20H29N5O/c1-14-7-17(26-23-14)5-6-24-9-15-11-25(12-16(15)10-24)19-8-18(20(2,3)4)21-13-22-19/h7-8,13,15-16H,5-6,9-12H2,1-4H3. The van der Waals surface area contributed by atoms with Crippen LogP contribution in [0.1, 0.15) is 37.9 Å². The fourth-order valence-corrected chi connectivity index (χ4v) is 4.19. The van der Waals surface area contributed by atoms with Gasteiger partial charge in [0, 0.05) is 56.7 Å². The van der Waals surface area contributed by atoms with Crippen molar-refractivity contribution in [2.75, 3.05) is 37.6 Å². The lowest BCUT2D eigenvalue weighted by molar-refractivity contribution is 0.299. The summed E-state index contributed by atoms with van der Waals surface area (Å²) in [4.78, 5) is 14.0. The molecule has 0 spiro atoms. The van der Waals surface area contributed by atoms with Crippen molar-refractivity contribution >= 4 is 5.82 Å². The van der Waals surface area contributed by atoms with Gasteiger partial charge in [-0.05, 0) is 18.8 Å². The number of anilines is 1. The van der Waals surface area contributed by atoms with Gasteiger partial charge in [0.1, 0.15) is 17.9 Å². The van der Waals surface area contributed by atoms with E-state index in [4.69, 9.17) is 4.52 Å². The molecule has 4 rings (SSSR count). The molecule has 0 bridgehead atoms. The fourth-order valence-electron chi connectivity index (χ4n) is 4.19. The molecule has 6 heteroatoms. The highest BCUT2D eigenvalue weighted by atomic mass is 16.5. The van der Waals surface area contributed by atoms with Crippen LogP contribution >= 0.6 is 0 Å². The van der Waals surface area contributed by atoms with Crippen LogP contribution in [0.4, 0.5) is 5.82 Å². The first-order valence-corrected chi connectivity index (χ1v) is 9.60. The second kappa shape index (κ2) is 6.65. The molecule has 0 aliphatic carbocycles. The number of fused-ring (bicyclic) bond motifs is 1. The lowest BCUT2D eigenvalue weighted by Gasteiger charge is -2.24. The van der Waals surface area contributed by atoms with Crippen LogP contribution in [-0.2, 0) is 11.8 Å². The molecule has 0 saturated carbocycles. The summed E-state index contributed by atoms with van der Waals surface area (Å²) < 4.78 is 5.33. The Labute approximate surface area is 155 Å². The number of rotatable bonds is 4. The largest absolute Gasteiger partial charge is 0.361 e. The topological polar surface area (TPSA) is 58.3 Å². The van der Waals surface area contributed by atoms with Gasteiger partial charge in [0.25, 0.3) is 0 Å². The maximum absolute atomic E-state index is 5.33. The Balaban J connectivity index is 1.33. The lowest BCUT2D eigenvalue weighted by Crippen LogP contribution is -2.30. The van der Waals surface area contributed by atoms with Crippen LogP contribution in [0.15, 0.2) is 23.0 Å². The molecule has 2 fully saturated rings. The molecular formula is C20H29N5O. The molecule has 2 aromatic heterocycles. The van der Waals surface area contributed by atoms with Gasteiger partial charge in [-0.3, -0.25) is 0 Å². The Hall–Kier alpha value is -1.95. The highest BCUT2D eigenvalue weighted by Crippen LogP contribution is 2.34. The van der Waals surface area contributed by atoms with Gasteiger partial charge in [-0.2, -0.15) is 0 Å². The van der Waals surface area contributed by atoms with Gasteiger partial charge in [0.15, 0.2) is 0 Å². The van der Waals surface area contributed by atoms with E-state index < -0.39 is 0 Å². The van der Waals surface area contributed by atoms with Crippen LogP contribution in [0.5, 0.6) is 0 Å². The van der Waals surface area contributed by atoms with Crippen molar-refractivity contribution in [3.8, 4) is 0 Å². The van der Waals surface area contributed by atoms with Gasteiger partial charge in [0.2, 0.25) is 0 Å². The zero-order valence-corrected chi connectivity index (χ0v) is 16.3. The maximum Gasteiger partial charge on any atom is 0.138 e. The monoisotopic (exact) mass is 355 g/mol. The molecule has 6 nitrogen and oxygen atoms in total. The molecule has 2 saturated heterocycles. The van der Waals surface area contributed by atoms with E-state index in [1.165, 1.54) is 13.1 Å². The zero-order valence-electron chi connectivity index (χ0n) is 16.3. The van der Waals surface area contributed by atoms with E-state index in [-0.39, 0.29) is 5.41 Å². The number of aromatic nitrogens is 3. The average molecular weight is 355 g/mol. The Morgan fingerprint density at radius 3 is 2.42 bits per heavy atom. The van der Waals surface area contributed by atoms with E-state index in [1.807, 2.05) is 13.0 Å². The minimum Gasteiger partial charge on any atom is -0.361 e. The smallest absolute Gasteiger partial charge is 0.138 e. The highest BCUT2D eigenvalue weighted by Gasteiger charge is 2.40. The molecular weight excluding hydrogens is 326 g/mol. The van der Waals surface area contributed by atoms with E-state index in [2.05, 4.69) is 51.8 Å². The first-order valence-electron chi connectivity index (χ1n) is 9.60. The number of nitrogens with zero attached hydrogens (tertiary/aromatic N) is 5. The summed E-state index contributed by atoms with van der Waals surface area (Å²) in [6, 6.07) is 4.21. The lowest BCUT2D eigenvalue weighted by atomic mass is 9.92. The molecule has 0 radical (unpaired) electrons. The predicted molar refractivity (Wildman–Crippen MR) is 101 cm³/mol. The van der Waals surface area contributed by atoms with Crippen LogP contribution < -0.4 is 4.90 Å². The minimum atomic E-state index is 0.0587. The van der Waals surface area contributed by atoms with Gasteiger partial charge < -0.3 is 14.3 Å². The van der Waals surface area contributed by atoms with Crippen LogP contribution in [0.2, 0.25) is 0 Å². The van der Waals surface area contributed by atoms with E-state index in [9.17, 15) is 0 Å². The summed E-state index contributed by atoms with van der Waals surface area (Å²) in [5.41, 5.74) is 2.14. The van der Waals surface area contributed by atoms with Crippen molar-refractivity contribution in [3.63, 3.8) is 0 Å². The highest BCUT2D eigenvalue weighted by molar-refractivity contribution is 5.42. The number of hydrogen-bond donors (Lipinski definition) is 0. The van der Waals surface area contributed by atoms with Gasteiger partial charge >= 0.3 is 0 Å². The van der Waals surface area contributed by atoms with Crippen molar-refractivity contribution in [1.82, 2.24) is 20.0 Å². The molecule has 2 aromatic rings. The average Bonchev–Trinajstić information content (AvgIpc) is 3.26.